The van der Waals surface area contributed by atoms with Crippen molar-refractivity contribution in [3.63, 3.8) is 0 Å². The molecule has 2 aromatic heterocycles. The van der Waals surface area contributed by atoms with Gasteiger partial charge in [-0.1, -0.05) is 24.2 Å². The first kappa shape index (κ1) is 15.6. The van der Waals surface area contributed by atoms with Crippen LogP contribution in [0.3, 0.4) is 0 Å². The van der Waals surface area contributed by atoms with Gasteiger partial charge in [-0.25, -0.2) is 9.97 Å². The van der Waals surface area contributed by atoms with Gasteiger partial charge < -0.3 is 10.2 Å². The number of fused-ring (bicyclic) bond motifs is 1. The molecule has 0 unspecified atom stereocenters. The highest BCUT2D eigenvalue weighted by Gasteiger charge is 2.31. The van der Waals surface area contributed by atoms with Gasteiger partial charge >= 0.3 is 0 Å². The number of anilines is 2. The molecule has 0 bridgehead atoms. The van der Waals surface area contributed by atoms with Crippen LogP contribution in [-0.2, 0) is 4.79 Å². The summed E-state index contributed by atoms with van der Waals surface area (Å²) in [5.41, 5.74) is 1.56. The highest BCUT2D eigenvalue weighted by atomic mass is 35.5. The molecule has 0 radical (unpaired) electrons. The van der Waals surface area contributed by atoms with Crippen molar-refractivity contribution in [2.75, 3.05) is 18.4 Å². The van der Waals surface area contributed by atoms with Crippen molar-refractivity contribution in [2.24, 2.45) is 0 Å². The minimum atomic E-state index is -0.0509. The van der Waals surface area contributed by atoms with E-state index < -0.39 is 0 Å². The number of carbonyl (C=O) groups is 1. The van der Waals surface area contributed by atoms with E-state index in [0.29, 0.717) is 24.1 Å². The zero-order valence-electron chi connectivity index (χ0n) is 13.3. The summed E-state index contributed by atoms with van der Waals surface area (Å²) in [6.45, 7) is 4.77. The van der Waals surface area contributed by atoms with E-state index in [2.05, 4.69) is 27.0 Å². The lowest BCUT2D eigenvalue weighted by Crippen LogP contribution is -2.50. The predicted octanol–water partition coefficient (Wildman–Crippen LogP) is 2.79. The second-order valence-electron chi connectivity index (χ2n) is 5.80. The summed E-state index contributed by atoms with van der Waals surface area (Å²) in [6, 6.07) is 5.73. The Morgan fingerprint density at radius 1 is 1.36 bits per heavy atom. The fraction of sp³-hybridized carbons (Fsp3) is 0.176. The maximum Gasteiger partial charge on any atom is 0.246 e. The molecule has 4 rings (SSSR count). The third-order valence-electron chi connectivity index (χ3n) is 4.15. The number of hydrogen-bond acceptors (Lipinski definition) is 5. The summed E-state index contributed by atoms with van der Waals surface area (Å²) in [4.78, 5) is 22.0. The molecule has 7 nitrogen and oxygen atoms in total. The molecule has 0 aliphatic carbocycles. The van der Waals surface area contributed by atoms with Crippen molar-refractivity contribution in [3.8, 4) is 0 Å². The molecular formula is C17H15ClN6O. The lowest BCUT2D eigenvalue weighted by Gasteiger charge is -2.38. The molecule has 3 aromatic rings. The van der Waals surface area contributed by atoms with Crippen molar-refractivity contribution in [3.05, 3.63) is 54.5 Å². The van der Waals surface area contributed by atoms with E-state index in [1.54, 1.807) is 17.3 Å². The van der Waals surface area contributed by atoms with E-state index in [0.717, 1.165) is 16.6 Å². The van der Waals surface area contributed by atoms with Gasteiger partial charge in [-0.2, -0.15) is 5.10 Å². The van der Waals surface area contributed by atoms with E-state index in [1.807, 2.05) is 29.1 Å². The van der Waals surface area contributed by atoms with E-state index in [1.165, 1.54) is 6.08 Å². The molecule has 0 atom stereocenters. The average molecular weight is 355 g/mol. The number of carbonyl (C=O) groups excluding carboxylic acids is 1. The summed E-state index contributed by atoms with van der Waals surface area (Å²) in [5.74, 6) is 0.427. The van der Waals surface area contributed by atoms with Crippen LogP contribution in [0.25, 0.3) is 10.9 Å². The van der Waals surface area contributed by atoms with Crippen LogP contribution >= 0.6 is 11.6 Å². The van der Waals surface area contributed by atoms with Gasteiger partial charge in [0.15, 0.2) is 0 Å². The number of nitrogens with zero attached hydrogens (tertiary/aromatic N) is 5. The lowest BCUT2D eigenvalue weighted by molar-refractivity contribution is -0.131. The Morgan fingerprint density at radius 3 is 3.00 bits per heavy atom. The molecule has 126 valence electrons. The highest BCUT2D eigenvalue weighted by Crippen LogP contribution is 2.25. The van der Waals surface area contributed by atoms with Crippen LogP contribution in [0, 0.1) is 0 Å². The molecule has 1 aliphatic rings. The maximum absolute atomic E-state index is 11.5. The number of amides is 1. The Balaban J connectivity index is 1.47. The number of aromatic nitrogens is 4. The Hall–Kier alpha value is -2.93. The van der Waals surface area contributed by atoms with Gasteiger partial charge in [-0.15, -0.1) is 0 Å². The topological polar surface area (TPSA) is 75.9 Å². The molecule has 8 heteroatoms. The smallest absolute Gasteiger partial charge is 0.246 e. The Morgan fingerprint density at radius 2 is 2.20 bits per heavy atom. The molecule has 1 saturated heterocycles. The average Bonchev–Trinajstić information content (AvgIpc) is 3.01. The van der Waals surface area contributed by atoms with Crippen molar-refractivity contribution in [1.29, 1.82) is 0 Å². The number of nitrogens with one attached hydrogen (secondary N) is 1. The van der Waals surface area contributed by atoms with Crippen molar-refractivity contribution < 1.29 is 4.79 Å². The third-order valence-corrected chi connectivity index (χ3v) is 4.48. The summed E-state index contributed by atoms with van der Waals surface area (Å²) in [7, 11) is 0. The summed E-state index contributed by atoms with van der Waals surface area (Å²) in [5, 5.41) is 8.92. The molecule has 1 N–H and O–H groups in total. The molecule has 0 saturated carbocycles. The predicted molar refractivity (Wildman–Crippen MR) is 95.9 cm³/mol. The zero-order chi connectivity index (χ0) is 17.4. The van der Waals surface area contributed by atoms with Gasteiger partial charge in [0.25, 0.3) is 0 Å². The van der Waals surface area contributed by atoms with Gasteiger partial charge in [0.05, 0.1) is 28.5 Å². The van der Waals surface area contributed by atoms with Gasteiger partial charge in [0.2, 0.25) is 11.9 Å². The van der Waals surface area contributed by atoms with Gasteiger partial charge in [0, 0.05) is 30.9 Å². The summed E-state index contributed by atoms with van der Waals surface area (Å²) in [6.07, 6.45) is 6.62. The monoisotopic (exact) mass is 354 g/mol. The number of likely N-dealkylation sites (tertiary alicyclic amines) is 1. The van der Waals surface area contributed by atoms with Gasteiger partial charge in [-0.05, 0) is 18.2 Å². The molecule has 3 heterocycles. The SMILES string of the molecule is C=CC(=O)N1CC(n2cc(Nc3ncc4c(Cl)cccc4n3)cn2)C1. The second kappa shape index (κ2) is 6.18. The molecule has 0 spiro atoms. The number of hydrogen-bond donors (Lipinski definition) is 1. The number of rotatable bonds is 4. The molecule has 1 aliphatic heterocycles. The Labute approximate surface area is 148 Å². The van der Waals surface area contributed by atoms with E-state index in [-0.39, 0.29) is 11.9 Å². The van der Waals surface area contributed by atoms with E-state index >= 15 is 0 Å². The van der Waals surface area contributed by atoms with Crippen LogP contribution in [0.2, 0.25) is 5.02 Å². The Kier molecular flexibility index (Phi) is 3.85. The van der Waals surface area contributed by atoms with Crippen LogP contribution in [0.1, 0.15) is 6.04 Å². The maximum atomic E-state index is 11.5. The third kappa shape index (κ3) is 2.94. The summed E-state index contributed by atoms with van der Waals surface area (Å²) < 4.78 is 1.84. The largest absolute Gasteiger partial charge is 0.335 e. The second-order valence-corrected chi connectivity index (χ2v) is 6.21. The minimum absolute atomic E-state index is 0.0509. The number of halogens is 1. The van der Waals surface area contributed by atoms with Crippen LogP contribution in [0.4, 0.5) is 11.6 Å². The normalized spacial score (nSPS) is 14.4. The lowest BCUT2D eigenvalue weighted by atomic mass is 10.1. The van der Waals surface area contributed by atoms with E-state index in [9.17, 15) is 4.79 Å². The molecule has 1 fully saturated rings. The molecular weight excluding hydrogens is 340 g/mol. The van der Waals surface area contributed by atoms with Crippen molar-refractivity contribution in [1.82, 2.24) is 24.6 Å². The minimum Gasteiger partial charge on any atom is -0.335 e. The molecule has 1 amide bonds. The van der Waals surface area contributed by atoms with E-state index in [4.69, 9.17) is 11.6 Å². The molecule has 1 aromatic carbocycles. The fourth-order valence-corrected chi connectivity index (χ4v) is 2.96. The summed E-state index contributed by atoms with van der Waals surface area (Å²) >= 11 is 6.13. The highest BCUT2D eigenvalue weighted by molar-refractivity contribution is 6.35. The van der Waals surface area contributed by atoms with Gasteiger partial charge in [0.1, 0.15) is 0 Å². The van der Waals surface area contributed by atoms with Crippen LogP contribution in [0.5, 0.6) is 0 Å². The molecule has 25 heavy (non-hydrogen) atoms. The standard InChI is InChI=1S/C17H15ClN6O/c1-2-16(25)23-9-12(10-23)24-8-11(6-20-24)21-17-19-7-13-14(18)4-3-5-15(13)22-17/h2-8,12H,1,9-10H2,(H,19,21,22). The van der Waals surface area contributed by atoms with Crippen LogP contribution in [-0.4, -0.2) is 43.6 Å². The zero-order valence-corrected chi connectivity index (χ0v) is 14.0. The Bertz CT molecular complexity index is 963. The first-order chi connectivity index (χ1) is 12.1. The van der Waals surface area contributed by atoms with Crippen LogP contribution < -0.4 is 5.32 Å². The van der Waals surface area contributed by atoms with Gasteiger partial charge in [-0.3, -0.25) is 9.48 Å². The van der Waals surface area contributed by atoms with Crippen molar-refractivity contribution in [2.45, 2.75) is 6.04 Å². The fourth-order valence-electron chi connectivity index (χ4n) is 2.74. The van der Waals surface area contributed by atoms with Crippen LogP contribution in [0.15, 0.2) is 49.4 Å². The first-order valence-corrected chi connectivity index (χ1v) is 8.15. The van der Waals surface area contributed by atoms with Crippen molar-refractivity contribution >= 4 is 40.0 Å². The first-order valence-electron chi connectivity index (χ1n) is 7.78. The quantitative estimate of drug-likeness (QED) is 0.729. The number of benzene rings is 1.